The van der Waals surface area contributed by atoms with E-state index >= 15 is 0 Å². The van der Waals surface area contributed by atoms with Gasteiger partial charge in [-0.15, -0.1) is 0 Å². The Morgan fingerprint density at radius 3 is 2.56 bits per heavy atom. The molecule has 172 valence electrons. The largest absolute Gasteiger partial charge is 0.469 e. The second-order valence-corrected chi connectivity index (χ2v) is 9.74. The quantitative estimate of drug-likeness (QED) is 0.637. The number of carbonyl (C=O) groups excluding carboxylic acids is 2. The molecule has 1 amide bonds. The number of piperidine rings is 1. The summed E-state index contributed by atoms with van der Waals surface area (Å²) < 4.78 is 45.7. The highest BCUT2D eigenvalue weighted by Gasteiger charge is 2.31. The minimum absolute atomic E-state index is 0.0465. The van der Waals surface area contributed by atoms with Crippen LogP contribution in [0.1, 0.15) is 54.6 Å². The Labute approximate surface area is 187 Å². The number of halogens is 1. The number of hydrogen-bond acceptors (Lipinski definition) is 5. The fourth-order valence-corrected chi connectivity index (χ4v) is 5.55. The Morgan fingerprint density at radius 2 is 1.91 bits per heavy atom. The Balaban J connectivity index is 1.84. The van der Waals surface area contributed by atoms with Crippen molar-refractivity contribution in [2.24, 2.45) is 0 Å². The molecule has 0 bridgehead atoms. The van der Waals surface area contributed by atoms with Crippen molar-refractivity contribution in [3.05, 3.63) is 65.5 Å². The molecule has 2 aromatic rings. The van der Waals surface area contributed by atoms with Crippen molar-refractivity contribution in [1.82, 2.24) is 9.62 Å². The number of carbonyl (C=O) groups is 2. The molecule has 1 aliphatic heterocycles. The number of sulfonamides is 1. The van der Waals surface area contributed by atoms with Crippen LogP contribution in [0.15, 0.2) is 53.4 Å². The smallest absolute Gasteiger partial charge is 0.307 e. The summed E-state index contributed by atoms with van der Waals surface area (Å²) in [5.74, 6) is -1.54. The van der Waals surface area contributed by atoms with Crippen LogP contribution in [0, 0.1) is 5.82 Å². The Kier molecular flexibility index (Phi) is 7.63. The molecule has 0 aromatic heterocycles. The van der Waals surface area contributed by atoms with Crippen LogP contribution in [0.2, 0.25) is 0 Å². The fourth-order valence-electron chi connectivity index (χ4n) is 3.80. The van der Waals surface area contributed by atoms with Crippen LogP contribution in [0.25, 0.3) is 0 Å². The zero-order chi connectivity index (χ0) is 23.3. The van der Waals surface area contributed by atoms with Gasteiger partial charge in [-0.3, -0.25) is 9.59 Å². The number of amides is 1. The van der Waals surface area contributed by atoms with Gasteiger partial charge in [0.15, 0.2) is 0 Å². The van der Waals surface area contributed by atoms with Crippen LogP contribution in [-0.4, -0.2) is 44.3 Å². The standard InChI is InChI=1S/C23H27FN2O5S/c1-16-6-3-4-13-26(16)32(29,30)20-8-5-7-18(14-20)23(28)25-21(15-22(27)31-2)17-9-11-19(24)12-10-17/h5,7-12,14,16,21H,3-4,6,13,15H2,1-2H3,(H,25,28). The van der Waals surface area contributed by atoms with Gasteiger partial charge in [-0.05, 0) is 55.7 Å². The van der Waals surface area contributed by atoms with E-state index in [4.69, 9.17) is 4.74 Å². The van der Waals surface area contributed by atoms with Crippen LogP contribution in [0.3, 0.4) is 0 Å². The maximum absolute atomic E-state index is 13.3. The first-order valence-corrected chi connectivity index (χ1v) is 11.9. The molecule has 0 aliphatic carbocycles. The maximum atomic E-state index is 13.3. The van der Waals surface area contributed by atoms with Crippen molar-refractivity contribution >= 4 is 21.9 Å². The Bertz CT molecular complexity index is 1070. The molecule has 1 fully saturated rings. The zero-order valence-corrected chi connectivity index (χ0v) is 18.9. The van der Waals surface area contributed by atoms with E-state index in [0.29, 0.717) is 12.1 Å². The SMILES string of the molecule is COC(=O)CC(NC(=O)c1cccc(S(=O)(=O)N2CCCCC2C)c1)c1ccc(F)cc1. The molecule has 1 aliphatic rings. The third kappa shape index (κ3) is 5.52. The molecule has 2 unspecified atom stereocenters. The molecule has 0 saturated carbocycles. The summed E-state index contributed by atoms with van der Waals surface area (Å²) in [7, 11) is -2.50. The maximum Gasteiger partial charge on any atom is 0.307 e. The van der Waals surface area contributed by atoms with Crippen molar-refractivity contribution in [3.8, 4) is 0 Å². The predicted octanol–water partition coefficient (Wildman–Crippen LogP) is 3.42. The van der Waals surface area contributed by atoms with E-state index in [1.807, 2.05) is 6.92 Å². The van der Waals surface area contributed by atoms with Gasteiger partial charge in [0.25, 0.3) is 5.91 Å². The summed E-state index contributed by atoms with van der Waals surface area (Å²) in [5.41, 5.74) is 0.670. The van der Waals surface area contributed by atoms with E-state index in [9.17, 15) is 22.4 Å². The molecular weight excluding hydrogens is 435 g/mol. The first-order valence-electron chi connectivity index (χ1n) is 10.5. The minimum Gasteiger partial charge on any atom is -0.469 e. The molecule has 2 atom stereocenters. The Morgan fingerprint density at radius 1 is 1.19 bits per heavy atom. The first kappa shape index (κ1) is 23.9. The van der Waals surface area contributed by atoms with Crippen molar-refractivity contribution < 1.29 is 27.1 Å². The van der Waals surface area contributed by atoms with Crippen molar-refractivity contribution in [1.29, 1.82) is 0 Å². The number of nitrogens with zero attached hydrogens (tertiary/aromatic N) is 1. The number of hydrogen-bond donors (Lipinski definition) is 1. The van der Waals surface area contributed by atoms with E-state index in [2.05, 4.69) is 5.32 Å². The normalized spacial score (nSPS) is 18.0. The van der Waals surface area contributed by atoms with Gasteiger partial charge in [-0.25, -0.2) is 12.8 Å². The highest BCUT2D eigenvalue weighted by molar-refractivity contribution is 7.89. The molecule has 7 nitrogen and oxygen atoms in total. The van der Waals surface area contributed by atoms with Crippen LogP contribution in [-0.2, 0) is 19.6 Å². The summed E-state index contributed by atoms with van der Waals surface area (Å²) in [6.45, 7) is 2.33. The molecule has 1 saturated heterocycles. The van der Waals surface area contributed by atoms with Crippen molar-refractivity contribution in [2.45, 2.75) is 49.6 Å². The lowest BCUT2D eigenvalue weighted by Gasteiger charge is -2.32. The number of benzene rings is 2. The van der Waals surface area contributed by atoms with Gasteiger partial charge in [0.1, 0.15) is 5.82 Å². The summed E-state index contributed by atoms with van der Waals surface area (Å²) in [5, 5.41) is 2.73. The lowest BCUT2D eigenvalue weighted by atomic mass is 10.0. The monoisotopic (exact) mass is 462 g/mol. The van der Waals surface area contributed by atoms with Crippen molar-refractivity contribution in [3.63, 3.8) is 0 Å². The average molecular weight is 463 g/mol. The lowest BCUT2D eigenvalue weighted by molar-refractivity contribution is -0.141. The number of nitrogens with one attached hydrogen (secondary N) is 1. The molecule has 0 spiro atoms. The van der Waals surface area contributed by atoms with Gasteiger partial charge in [0.2, 0.25) is 10.0 Å². The number of ether oxygens (including phenoxy) is 1. The third-order valence-electron chi connectivity index (χ3n) is 5.62. The van der Waals surface area contributed by atoms with Gasteiger partial charge in [0.05, 0.1) is 24.5 Å². The van der Waals surface area contributed by atoms with Gasteiger partial charge >= 0.3 is 5.97 Å². The molecule has 2 aromatic carbocycles. The van der Waals surface area contributed by atoms with E-state index in [-0.39, 0.29) is 22.9 Å². The lowest BCUT2D eigenvalue weighted by Crippen LogP contribution is -2.42. The molecule has 3 rings (SSSR count). The summed E-state index contributed by atoms with van der Waals surface area (Å²) in [6, 6.07) is 10.4. The van der Waals surface area contributed by atoms with Crippen LogP contribution >= 0.6 is 0 Å². The average Bonchev–Trinajstić information content (AvgIpc) is 2.79. The molecule has 9 heteroatoms. The van der Waals surface area contributed by atoms with E-state index in [0.717, 1.165) is 19.3 Å². The molecule has 32 heavy (non-hydrogen) atoms. The minimum atomic E-state index is -3.74. The van der Waals surface area contributed by atoms with Gasteiger partial charge in [0, 0.05) is 18.2 Å². The highest BCUT2D eigenvalue weighted by atomic mass is 32.2. The summed E-state index contributed by atoms with van der Waals surface area (Å²) in [4.78, 5) is 24.8. The van der Waals surface area contributed by atoms with Gasteiger partial charge in [-0.1, -0.05) is 24.6 Å². The van der Waals surface area contributed by atoms with E-state index in [1.165, 1.54) is 59.9 Å². The molecule has 0 radical (unpaired) electrons. The Hall–Kier alpha value is -2.78. The van der Waals surface area contributed by atoms with Crippen LogP contribution < -0.4 is 5.32 Å². The van der Waals surface area contributed by atoms with Gasteiger partial charge < -0.3 is 10.1 Å². The van der Waals surface area contributed by atoms with Crippen LogP contribution in [0.4, 0.5) is 4.39 Å². The highest BCUT2D eigenvalue weighted by Crippen LogP contribution is 2.26. The number of esters is 1. The second kappa shape index (κ2) is 10.2. The molecule has 1 heterocycles. The van der Waals surface area contributed by atoms with Crippen LogP contribution in [0.5, 0.6) is 0 Å². The van der Waals surface area contributed by atoms with Gasteiger partial charge in [-0.2, -0.15) is 4.31 Å². The second-order valence-electron chi connectivity index (χ2n) is 7.85. The van der Waals surface area contributed by atoms with E-state index < -0.39 is 33.8 Å². The third-order valence-corrected chi connectivity index (χ3v) is 7.63. The predicted molar refractivity (Wildman–Crippen MR) is 117 cm³/mol. The summed E-state index contributed by atoms with van der Waals surface area (Å²) >= 11 is 0. The topological polar surface area (TPSA) is 92.8 Å². The number of rotatable bonds is 7. The summed E-state index contributed by atoms with van der Waals surface area (Å²) in [6.07, 6.45) is 2.43. The van der Waals surface area contributed by atoms with Crippen molar-refractivity contribution in [2.75, 3.05) is 13.7 Å². The zero-order valence-electron chi connectivity index (χ0n) is 18.1. The number of methoxy groups -OCH3 is 1. The van der Waals surface area contributed by atoms with E-state index in [1.54, 1.807) is 0 Å². The first-order chi connectivity index (χ1) is 15.2. The fraction of sp³-hybridized carbons (Fsp3) is 0.391. The molecule has 1 N–H and O–H groups in total. The molecular formula is C23H27FN2O5S.